The lowest BCUT2D eigenvalue weighted by molar-refractivity contribution is -0.152. The Morgan fingerprint density at radius 3 is 2.12 bits per heavy atom. The van der Waals surface area contributed by atoms with Crippen LogP contribution in [0, 0.1) is 0 Å². The van der Waals surface area contributed by atoms with Crippen LogP contribution in [0.3, 0.4) is 0 Å². The lowest BCUT2D eigenvalue weighted by Crippen LogP contribution is -2.48. The van der Waals surface area contributed by atoms with E-state index in [1.807, 2.05) is 68.4 Å². The minimum absolute atomic E-state index is 0.0608. The lowest BCUT2D eigenvalue weighted by Gasteiger charge is -2.23. The first kappa shape index (κ1) is 36.4. The number of nitrogens with one attached hydrogen (secondary N) is 2. The topological polar surface area (TPSA) is 137 Å². The van der Waals surface area contributed by atoms with E-state index < -0.39 is 23.7 Å². The van der Waals surface area contributed by atoms with E-state index in [-0.39, 0.29) is 30.7 Å². The Balaban J connectivity index is 1.26. The number of amides is 2. The average molecular weight is 689 g/mol. The van der Waals surface area contributed by atoms with Crippen LogP contribution in [0.15, 0.2) is 115 Å². The van der Waals surface area contributed by atoms with Crippen LogP contribution in [0.5, 0.6) is 5.75 Å². The second kappa shape index (κ2) is 17.7. The van der Waals surface area contributed by atoms with E-state index in [1.54, 1.807) is 55.5 Å². The summed E-state index contributed by atoms with van der Waals surface area (Å²) in [6.45, 7) is 6.25. The number of hydrogen-bond donors (Lipinski definition) is 2. The van der Waals surface area contributed by atoms with Crippen LogP contribution in [0.25, 0.3) is 0 Å². The first-order valence-corrected chi connectivity index (χ1v) is 17.2. The minimum atomic E-state index is -1.26. The normalized spacial score (nSPS) is 12.4. The largest absolute Gasteiger partial charge is 0.470 e. The SMILES string of the molecule is CCOC(=O)C(Oc1ccc(C[C@H](NC(=O)c2ccccc2)C(=O)NCCCCc2ccccc2)cc1)c1nnn(C(C)(C)c2ccccc2)n1. The third-order valence-electron chi connectivity index (χ3n) is 8.45. The number of ether oxygens (including phenoxy) is 2. The van der Waals surface area contributed by atoms with Crippen molar-refractivity contribution < 1.29 is 23.9 Å². The molecule has 264 valence electrons. The molecule has 4 aromatic carbocycles. The summed E-state index contributed by atoms with van der Waals surface area (Å²) in [4.78, 5) is 41.0. The standard InChI is InChI=1S/C40H44N6O5/c1-4-50-39(49)35(36-43-45-46(44-36)40(2,3)32-21-12-7-13-22-32)51-33-25-23-30(24-26-33)28-34(42-37(47)31-19-10-6-11-20-31)38(48)41-27-15-14-18-29-16-8-5-9-17-29/h5-13,16-17,19-26,34-35H,4,14-15,18,27-28H2,1-3H3,(H,41,48)(H,42,47)/t34-,35?/m0/s1. The van der Waals surface area contributed by atoms with Crippen LogP contribution in [-0.2, 0) is 32.7 Å². The molecule has 2 atom stereocenters. The van der Waals surface area contributed by atoms with Crippen molar-refractivity contribution in [2.45, 2.75) is 64.1 Å². The predicted molar refractivity (Wildman–Crippen MR) is 193 cm³/mol. The van der Waals surface area contributed by atoms with Gasteiger partial charge in [0.15, 0.2) is 0 Å². The summed E-state index contributed by atoms with van der Waals surface area (Å²) in [6, 6.07) is 34.9. The molecule has 0 bridgehead atoms. The predicted octanol–water partition coefficient (Wildman–Crippen LogP) is 5.62. The van der Waals surface area contributed by atoms with Crippen molar-refractivity contribution in [3.05, 3.63) is 143 Å². The van der Waals surface area contributed by atoms with Gasteiger partial charge in [-0.2, -0.15) is 4.80 Å². The summed E-state index contributed by atoms with van der Waals surface area (Å²) in [5.74, 6) is -0.834. The highest BCUT2D eigenvalue weighted by atomic mass is 16.6. The van der Waals surface area contributed by atoms with Gasteiger partial charge in [-0.25, -0.2) is 4.79 Å². The van der Waals surface area contributed by atoms with Gasteiger partial charge < -0.3 is 20.1 Å². The zero-order valence-corrected chi connectivity index (χ0v) is 29.2. The third-order valence-corrected chi connectivity index (χ3v) is 8.45. The minimum Gasteiger partial charge on any atom is -0.470 e. The Kier molecular flexibility index (Phi) is 12.7. The molecule has 1 aromatic heterocycles. The fourth-order valence-corrected chi connectivity index (χ4v) is 5.50. The molecule has 0 radical (unpaired) electrons. The van der Waals surface area contributed by atoms with Crippen molar-refractivity contribution >= 4 is 17.8 Å². The summed E-state index contributed by atoms with van der Waals surface area (Å²) in [5.41, 5.74) is 2.82. The quantitative estimate of drug-likeness (QED) is 0.0949. The van der Waals surface area contributed by atoms with Crippen LogP contribution >= 0.6 is 0 Å². The van der Waals surface area contributed by atoms with Gasteiger partial charge in [0.1, 0.15) is 17.3 Å². The number of hydrogen-bond acceptors (Lipinski definition) is 8. The summed E-state index contributed by atoms with van der Waals surface area (Å²) in [6.07, 6.45) is 1.63. The molecule has 0 aliphatic heterocycles. The van der Waals surface area contributed by atoms with Gasteiger partial charge in [-0.05, 0) is 86.2 Å². The number of tetrazole rings is 1. The van der Waals surface area contributed by atoms with E-state index in [1.165, 1.54) is 10.4 Å². The fraction of sp³-hybridized carbons (Fsp3) is 0.300. The molecule has 0 fully saturated rings. The van der Waals surface area contributed by atoms with E-state index in [2.05, 4.69) is 38.2 Å². The Bertz CT molecular complexity index is 1850. The smallest absolute Gasteiger partial charge is 0.355 e. The molecule has 11 heteroatoms. The highest BCUT2D eigenvalue weighted by Crippen LogP contribution is 2.26. The summed E-state index contributed by atoms with van der Waals surface area (Å²) in [7, 11) is 0. The van der Waals surface area contributed by atoms with Gasteiger partial charge >= 0.3 is 5.97 Å². The van der Waals surface area contributed by atoms with E-state index in [0.29, 0.717) is 17.9 Å². The van der Waals surface area contributed by atoms with Crippen molar-refractivity contribution in [3.8, 4) is 5.75 Å². The number of rotatable bonds is 17. The molecule has 11 nitrogen and oxygen atoms in total. The maximum Gasteiger partial charge on any atom is 0.355 e. The molecule has 0 aliphatic rings. The molecule has 2 N–H and O–H groups in total. The number of benzene rings is 4. The molecular weight excluding hydrogens is 644 g/mol. The molecule has 1 heterocycles. The molecule has 51 heavy (non-hydrogen) atoms. The fourth-order valence-electron chi connectivity index (χ4n) is 5.50. The van der Waals surface area contributed by atoms with E-state index in [4.69, 9.17) is 9.47 Å². The Labute approximate surface area is 298 Å². The number of aryl methyl sites for hydroxylation is 1. The van der Waals surface area contributed by atoms with E-state index in [9.17, 15) is 14.4 Å². The van der Waals surface area contributed by atoms with Crippen molar-refractivity contribution in [3.63, 3.8) is 0 Å². The zero-order valence-electron chi connectivity index (χ0n) is 29.2. The molecule has 1 unspecified atom stereocenters. The molecule has 5 aromatic rings. The number of unbranched alkanes of at least 4 members (excludes halogenated alkanes) is 1. The number of nitrogens with zero attached hydrogens (tertiary/aromatic N) is 4. The molecule has 0 spiro atoms. The van der Waals surface area contributed by atoms with Gasteiger partial charge in [-0.15, -0.1) is 10.2 Å². The summed E-state index contributed by atoms with van der Waals surface area (Å²) >= 11 is 0. The molecular formula is C40H44N6O5. The van der Waals surface area contributed by atoms with E-state index in [0.717, 1.165) is 30.4 Å². The maximum absolute atomic E-state index is 13.4. The van der Waals surface area contributed by atoms with Crippen molar-refractivity contribution in [1.82, 2.24) is 30.8 Å². The lowest BCUT2D eigenvalue weighted by atomic mass is 9.95. The highest BCUT2D eigenvalue weighted by Gasteiger charge is 2.33. The second-order valence-electron chi connectivity index (χ2n) is 12.6. The number of carbonyl (C=O) groups is 3. The van der Waals surface area contributed by atoms with Gasteiger partial charge in [-0.3, -0.25) is 9.59 Å². The number of esters is 1. The van der Waals surface area contributed by atoms with Gasteiger partial charge in [0.2, 0.25) is 11.7 Å². The van der Waals surface area contributed by atoms with E-state index >= 15 is 0 Å². The van der Waals surface area contributed by atoms with Gasteiger partial charge in [0.05, 0.1) is 6.61 Å². The van der Waals surface area contributed by atoms with Crippen LogP contribution < -0.4 is 15.4 Å². The first-order valence-electron chi connectivity index (χ1n) is 17.2. The molecule has 0 saturated carbocycles. The summed E-state index contributed by atoms with van der Waals surface area (Å²) in [5, 5.41) is 18.8. The van der Waals surface area contributed by atoms with Crippen molar-refractivity contribution in [2.24, 2.45) is 0 Å². The van der Waals surface area contributed by atoms with Crippen LogP contribution in [0.4, 0.5) is 0 Å². The first-order chi connectivity index (χ1) is 24.7. The van der Waals surface area contributed by atoms with Gasteiger partial charge in [0.25, 0.3) is 12.0 Å². The zero-order chi connectivity index (χ0) is 36.1. The Morgan fingerprint density at radius 2 is 1.45 bits per heavy atom. The van der Waals surface area contributed by atoms with Crippen molar-refractivity contribution in [1.29, 1.82) is 0 Å². The highest BCUT2D eigenvalue weighted by molar-refractivity contribution is 5.97. The van der Waals surface area contributed by atoms with Crippen LogP contribution in [0.2, 0.25) is 0 Å². The summed E-state index contributed by atoms with van der Waals surface area (Å²) < 4.78 is 11.4. The molecule has 0 aliphatic carbocycles. The third kappa shape index (κ3) is 10.1. The number of aromatic nitrogens is 4. The monoisotopic (exact) mass is 688 g/mol. The average Bonchev–Trinajstić information content (AvgIpc) is 3.66. The van der Waals surface area contributed by atoms with Crippen LogP contribution in [0.1, 0.15) is 72.6 Å². The van der Waals surface area contributed by atoms with Crippen LogP contribution in [-0.4, -0.2) is 57.2 Å². The van der Waals surface area contributed by atoms with Crippen molar-refractivity contribution in [2.75, 3.05) is 13.2 Å². The Morgan fingerprint density at radius 1 is 0.804 bits per heavy atom. The molecule has 2 amide bonds. The molecule has 5 rings (SSSR count). The van der Waals surface area contributed by atoms with Gasteiger partial charge in [-0.1, -0.05) is 91.0 Å². The Hall–Kier alpha value is -5.84. The number of carbonyl (C=O) groups excluding carboxylic acids is 3. The molecule has 0 saturated heterocycles. The maximum atomic E-state index is 13.4. The van der Waals surface area contributed by atoms with Gasteiger partial charge in [0, 0.05) is 18.5 Å². The second-order valence-corrected chi connectivity index (χ2v) is 12.6.